The number of nitro benzene ring substituents is 1. The monoisotopic (exact) mass is 398 g/mol. The molecule has 0 unspecified atom stereocenters. The Morgan fingerprint density at radius 1 is 1.07 bits per heavy atom. The minimum Gasteiger partial charge on any atom is -0.454 e. The molecule has 152 valence electrons. The Kier molecular flexibility index (Phi) is 5.22. The summed E-state index contributed by atoms with van der Waals surface area (Å²) in [5.74, 6) is 1.23. The molecule has 1 atom stereocenters. The Balaban J connectivity index is 1.31. The third-order valence-electron chi connectivity index (χ3n) is 5.31. The second kappa shape index (κ2) is 7.96. The summed E-state index contributed by atoms with van der Waals surface area (Å²) in [6.07, 6.45) is 0. The number of benzene rings is 2. The first-order valence-electron chi connectivity index (χ1n) is 9.45. The van der Waals surface area contributed by atoms with Crippen LogP contribution in [-0.2, 0) is 4.79 Å². The zero-order valence-electron chi connectivity index (χ0n) is 16.0. The Hall–Kier alpha value is -3.33. The molecular formula is C20H22N4O5. The van der Waals surface area contributed by atoms with Crippen molar-refractivity contribution in [1.82, 2.24) is 4.90 Å². The second-order valence-electron chi connectivity index (χ2n) is 7.03. The number of rotatable bonds is 5. The highest BCUT2D eigenvalue weighted by Crippen LogP contribution is 2.34. The molecule has 9 heteroatoms. The average Bonchev–Trinajstić information content (AvgIpc) is 3.21. The number of hydrogen-bond donors (Lipinski definition) is 1. The topological polar surface area (TPSA) is 97.2 Å². The average molecular weight is 398 g/mol. The van der Waals surface area contributed by atoms with Gasteiger partial charge in [0.25, 0.3) is 5.69 Å². The highest BCUT2D eigenvalue weighted by atomic mass is 16.7. The number of non-ortho nitro benzene ring substituents is 1. The van der Waals surface area contributed by atoms with E-state index >= 15 is 0 Å². The van der Waals surface area contributed by atoms with Gasteiger partial charge in [-0.05, 0) is 31.2 Å². The molecule has 29 heavy (non-hydrogen) atoms. The molecule has 1 N–H and O–H groups in total. The smallest absolute Gasteiger partial charge is 0.269 e. The molecule has 0 spiro atoms. The van der Waals surface area contributed by atoms with Crippen LogP contribution in [0, 0.1) is 10.1 Å². The molecule has 0 aliphatic carbocycles. The van der Waals surface area contributed by atoms with Gasteiger partial charge < -0.3 is 19.7 Å². The van der Waals surface area contributed by atoms with E-state index in [1.165, 1.54) is 12.1 Å². The van der Waals surface area contributed by atoms with Crippen LogP contribution in [0.2, 0.25) is 0 Å². The summed E-state index contributed by atoms with van der Waals surface area (Å²) in [7, 11) is 0. The Morgan fingerprint density at radius 3 is 2.45 bits per heavy atom. The van der Waals surface area contributed by atoms with Crippen LogP contribution in [0.15, 0.2) is 42.5 Å². The van der Waals surface area contributed by atoms with Crippen LogP contribution in [0.5, 0.6) is 11.5 Å². The molecule has 4 rings (SSSR count). The quantitative estimate of drug-likeness (QED) is 0.610. The number of piperazine rings is 1. The van der Waals surface area contributed by atoms with Crippen LogP contribution in [0.4, 0.5) is 17.1 Å². The molecule has 0 radical (unpaired) electrons. The van der Waals surface area contributed by atoms with Gasteiger partial charge in [0, 0.05) is 55.8 Å². The van der Waals surface area contributed by atoms with Gasteiger partial charge >= 0.3 is 0 Å². The van der Waals surface area contributed by atoms with Gasteiger partial charge in [-0.1, -0.05) is 0 Å². The molecule has 2 aromatic rings. The fourth-order valence-electron chi connectivity index (χ4n) is 3.54. The van der Waals surface area contributed by atoms with E-state index in [0.29, 0.717) is 17.2 Å². The van der Waals surface area contributed by atoms with Gasteiger partial charge in [-0.25, -0.2) is 0 Å². The summed E-state index contributed by atoms with van der Waals surface area (Å²) in [6, 6.07) is 11.6. The second-order valence-corrected chi connectivity index (χ2v) is 7.03. The fraction of sp³-hybridized carbons (Fsp3) is 0.350. The summed E-state index contributed by atoms with van der Waals surface area (Å²) in [5, 5.41) is 13.7. The lowest BCUT2D eigenvalue weighted by Crippen LogP contribution is -2.52. The Morgan fingerprint density at radius 2 is 1.76 bits per heavy atom. The van der Waals surface area contributed by atoms with Crippen molar-refractivity contribution in [2.45, 2.75) is 13.0 Å². The fourth-order valence-corrected chi connectivity index (χ4v) is 3.54. The SMILES string of the molecule is C[C@H](C(=O)Nc1ccc2c(c1)OCO2)N1CCN(c2ccc([N+](=O)[O-])cc2)CC1. The standard InChI is InChI=1S/C20H22N4O5/c1-14(20(25)21-15-2-7-18-19(12-15)29-13-28-18)22-8-10-23(11-9-22)16-3-5-17(6-4-16)24(26)27/h2-7,12,14H,8-11,13H2,1H3,(H,21,25)/t14-/m1/s1. The Labute approximate surface area is 168 Å². The summed E-state index contributed by atoms with van der Waals surface area (Å²) in [4.78, 5) is 27.4. The largest absolute Gasteiger partial charge is 0.454 e. The van der Waals surface area contributed by atoms with Gasteiger partial charge in [-0.15, -0.1) is 0 Å². The number of fused-ring (bicyclic) bond motifs is 1. The number of nitro groups is 1. The van der Waals surface area contributed by atoms with Crippen molar-refractivity contribution < 1.29 is 19.2 Å². The van der Waals surface area contributed by atoms with E-state index in [-0.39, 0.29) is 24.4 Å². The number of amides is 1. The number of anilines is 2. The molecule has 0 saturated carbocycles. The molecule has 1 amide bonds. The third kappa shape index (κ3) is 4.09. The van der Waals surface area contributed by atoms with Crippen LogP contribution in [0.25, 0.3) is 0 Å². The minimum absolute atomic E-state index is 0.0762. The predicted molar refractivity (Wildman–Crippen MR) is 108 cm³/mol. The van der Waals surface area contributed by atoms with Gasteiger partial charge in [0.1, 0.15) is 0 Å². The van der Waals surface area contributed by atoms with E-state index in [1.54, 1.807) is 30.3 Å². The molecule has 2 aliphatic rings. The molecule has 1 saturated heterocycles. The molecule has 0 aromatic heterocycles. The maximum atomic E-state index is 12.7. The van der Waals surface area contributed by atoms with Crippen molar-refractivity contribution >= 4 is 23.0 Å². The Bertz CT molecular complexity index is 910. The predicted octanol–water partition coefficient (Wildman–Crippen LogP) is 2.47. The maximum Gasteiger partial charge on any atom is 0.269 e. The van der Waals surface area contributed by atoms with Crippen molar-refractivity contribution in [2.24, 2.45) is 0 Å². The minimum atomic E-state index is -0.401. The van der Waals surface area contributed by atoms with Gasteiger partial charge in [-0.3, -0.25) is 19.8 Å². The third-order valence-corrected chi connectivity index (χ3v) is 5.31. The lowest BCUT2D eigenvalue weighted by atomic mass is 10.2. The molecule has 0 bridgehead atoms. The first-order chi connectivity index (χ1) is 14.0. The number of carbonyl (C=O) groups is 1. The van der Waals surface area contributed by atoms with Gasteiger partial charge in [-0.2, -0.15) is 0 Å². The van der Waals surface area contributed by atoms with Crippen LogP contribution in [0.1, 0.15) is 6.92 Å². The number of carbonyl (C=O) groups excluding carboxylic acids is 1. The van der Waals surface area contributed by atoms with E-state index in [2.05, 4.69) is 15.1 Å². The zero-order chi connectivity index (χ0) is 20.4. The lowest BCUT2D eigenvalue weighted by Gasteiger charge is -2.38. The van der Waals surface area contributed by atoms with Crippen LogP contribution >= 0.6 is 0 Å². The van der Waals surface area contributed by atoms with E-state index in [0.717, 1.165) is 31.9 Å². The summed E-state index contributed by atoms with van der Waals surface area (Å²) in [5.41, 5.74) is 1.71. The van der Waals surface area contributed by atoms with Crippen molar-refractivity contribution in [2.75, 3.05) is 43.2 Å². The first-order valence-corrected chi connectivity index (χ1v) is 9.45. The lowest BCUT2D eigenvalue weighted by molar-refractivity contribution is -0.384. The van der Waals surface area contributed by atoms with Gasteiger partial charge in [0.15, 0.2) is 11.5 Å². The van der Waals surface area contributed by atoms with Crippen molar-refractivity contribution in [3.05, 3.63) is 52.6 Å². The van der Waals surface area contributed by atoms with Gasteiger partial charge in [0.05, 0.1) is 11.0 Å². The number of hydrogen-bond acceptors (Lipinski definition) is 7. The van der Waals surface area contributed by atoms with Crippen LogP contribution < -0.4 is 19.7 Å². The summed E-state index contributed by atoms with van der Waals surface area (Å²) in [6.45, 7) is 5.05. The van der Waals surface area contributed by atoms with E-state index < -0.39 is 4.92 Å². The molecule has 9 nitrogen and oxygen atoms in total. The zero-order valence-corrected chi connectivity index (χ0v) is 16.0. The normalized spacial score (nSPS) is 17.1. The van der Waals surface area contributed by atoms with E-state index in [4.69, 9.17) is 9.47 Å². The number of ether oxygens (including phenoxy) is 2. The molecular weight excluding hydrogens is 376 g/mol. The molecule has 1 fully saturated rings. The summed E-state index contributed by atoms with van der Waals surface area (Å²) < 4.78 is 10.6. The highest BCUT2D eigenvalue weighted by molar-refractivity contribution is 5.94. The van der Waals surface area contributed by atoms with E-state index in [1.807, 2.05) is 6.92 Å². The molecule has 2 aliphatic heterocycles. The van der Waals surface area contributed by atoms with Crippen molar-refractivity contribution in [1.29, 1.82) is 0 Å². The number of nitrogens with zero attached hydrogens (tertiary/aromatic N) is 3. The van der Waals surface area contributed by atoms with Crippen LogP contribution in [0.3, 0.4) is 0 Å². The number of nitrogens with one attached hydrogen (secondary N) is 1. The molecule has 2 aromatic carbocycles. The van der Waals surface area contributed by atoms with Crippen molar-refractivity contribution in [3.8, 4) is 11.5 Å². The first kappa shape index (κ1) is 19.0. The van der Waals surface area contributed by atoms with E-state index in [9.17, 15) is 14.9 Å². The maximum absolute atomic E-state index is 12.7. The molecule has 2 heterocycles. The van der Waals surface area contributed by atoms with Gasteiger partial charge in [0.2, 0.25) is 12.7 Å². The van der Waals surface area contributed by atoms with Crippen molar-refractivity contribution in [3.63, 3.8) is 0 Å². The van der Waals surface area contributed by atoms with Crippen LogP contribution in [-0.4, -0.2) is 54.7 Å². The summed E-state index contributed by atoms with van der Waals surface area (Å²) >= 11 is 0. The highest BCUT2D eigenvalue weighted by Gasteiger charge is 2.26.